The lowest BCUT2D eigenvalue weighted by atomic mass is 9.36. The molecule has 8 unspecified atom stereocenters. The molecule has 0 bridgehead atoms. The van der Waals surface area contributed by atoms with E-state index < -0.39 is 29.2 Å². The third-order valence-corrected chi connectivity index (χ3v) is 15.7. The summed E-state index contributed by atoms with van der Waals surface area (Å²) in [6.07, 6.45) is 7.84. The Morgan fingerprint density at radius 2 is 1.68 bits per heavy atom. The molecule has 10 heteroatoms. The summed E-state index contributed by atoms with van der Waals surface area (Å²) in [4.78, 5) is 49.1. The van der Waals surface area contributed by atoms with Crippen molar-refractivity contribution in [1.29, 1.82) is 0 Å². The average Bonchev–Trinajstić information content (AvgIpc) is 3.43. The van der Waals surface area contributed by atoms with Gasteiger partial charge in [0.2, 0.25) is 5.91 Å². The molecule has 1 amide bonds. The Hall–Kier alpha value is -2.66. The van der Waals surface area contributed by atoms with Crippen LogP contribution in [0.15, 0.2) is 35.5 Å². The van der Waals surface area contributed by atoms with Crippen molar-refractivity contribution < 1.29 is 34.4 Å². The molecule has 0 radical (unpaired) electrons. The number of nitrogens with zero attached hydrogens (tertiary/aromatic N) is 3. The molecule has 4 aliphatic rings. The van der Waals surface area contributed by atoms with Crippen molar-refractivity contribution >= 4 is 17.7 Å². The summed E-state index contributed by atoms with van der Waals surface area (Å²) in [5, 5.41) is 32.2. The maximum Gasteiger partial charge on any atom is 0.306 e. The maximum absolute atomic E-state index is 14.3. The number of aromatic nitrogens is 1. The van der Waals surface area contributed by atoms with E-state index in [1.807, 2.05) is 37.2 Å². The van der Waals surface area contributed by atoms with Gasteiger partial charge < -0.3 is 29.9 Å². The number of esters is 1. The number of ketones is 1. The zero-order valence-electron chi connectivity index (χ0n) is 37.1. The van der Waals surface area contributed by atoms with Crippen LogP contribution >= 0.6 is 0 Å². The van der Waals surface area contributed by atoms with E-state index in [4.69, 9.17) is 4.74 Å². The summed E-state index contributed by atoms with van der Waals surface area (Å²) < 4.78 is 6.07. The average molecular weight is 794 g/mol. The lowest BCUT2D eigenvalue weighted by molar-refractivity contribution is -0.179. The Morgan fingerprint density at radius 1 is 0.982 bits per heavy atom. The number of pyridine rings is 1. The lowest BCUT2D eigenvalue weighted by Gasteiger charge is -2.68. The molecule has 57 heavy (non-hydrogen) atoms. The normalized spacial score (nSPS) is 31.4. The van der Waals surface area contributed by atoms with Gasteiger partial charge in [-0.1, -0.05) is 80.4 Å². The lowest BCUT2D eigenvalue weighted by Crippen LogP contribution is -2.62. The number of ether oxygens (including phenoxy) is 1. The van der Waals surface area contributed by atoms with E-state index in [0.717, 1.165) is 62.6 Å². The second-order valence-corrected chi connectivity index (χ2v) is 21.0. The van der Waals surface area contributed by atoms with E-state index in [0.29, 0.717) is 25.3 Å². The number of carbonyl (C=O) groups excluding carboxylic acids is 3. The number of fused-ring (bicyclic) bond motifs is 5. The Balaban J connectivity index is 1.43. The number of aliphatic hydroxyl groups excluding tert-OH is 2. The number of amides is 1. The highest BCUT2D eigenvalue weighted by atomic mass is 16.5. The number of likely N-dealkylation sites (N-methyl/N-ethyl adjacent to an activating group) is 1. The van der Waals surface area contributed by atoms with Crippen molar-refractivity contribution in [3.05, 3.63) is 41.2 Å². The van der Waals surface area contributed by atoms with E-state index in [2.05, 4.69) is 53.5 Å². The molecule has 3 fully saturated rings. The SMILES string of the molecule is CC(C)C1=C2C3CCC4C(C)(CCC(OC(=O)CC(C)(C)C(O)O)C(C)C)CCCC4(C)C3(C)CCC2(C(O)CN(Cc2ccccn2)C(=O)CN(C)C)CC1=O. The van der Waals surface area contributed by atoms with E-state index in [-0.39, 0.29) is 71.3 Å². The quantitative estimate of drug-likeness (QED) is 0.116. The summed E-state index contributed by atoms with van der Waals surface area (Å²) in [6.45, 7) is 19.9. The maximum atomic E-state index is 14.3. The van der Waals surface area contributed by atoms with Gasteiger partial charge in [-0.25, -0.2) is 0 Å². The van der Waals surface area contributed by atoms with Crippen molar-refractivity contribution in [1.82, 2.24) is 14.8 Å². The molecular weight excluding hydrogens is 719 g/mol. The van der Waals surface area contributed by atoms with Gasteiger partial charge in [-0.2, -0.15) is 0 Å². The van der Waals surface area contributed by atoms with Gasteiger partial charge in [0.05, 0.1) is 31.3 Å². The number of allylic oxidation sites excluding steroid dienone is 1. The minimum absolute atomic E-state index is 0.00125. The van der Waals surface area contributed by atoms with Crippen LogP contribution in [0.5, 0.6) is 0 Å². The molecule has 320 valence electrons. The molecule has 0 aromatic carbocycles. The number of Topliss-reactive ketones (excluding diaryl/α,β-unsaturated/α-hetero) is 1. The van der Waals surface area contributed by atoms with E-state index in [1.165, 1.54) is 5.57 Å². The number of aliphatic hydroxyl groups is 3. The van der Waals surface area contributed by atoms with Gasteiger partial charge >= 0.3 is 5.97 Å². The highest BCUT2D eigenvalue weighted by Crippen LogP contribution is 2.74. The van der Waals surface area contributed by atoms with Crippen LogP contribution < -0.4 is 0 Å². The number of rotatable bonds is 16. The molecule has 0 aliphatic heterocycles. The monoisotopic (exact) mass is 794 g/mol. The first-order valence-corrected chi connectivity index (χ1v) is 21.8. The van der Waals surface area contributed by atoms with Gasteiger partial charge in [0, 0.05) is 30.0 Å². The Labute approximate surface area is 343 Å². The standard InChI is InChI=1S/C47H75N3O7/c1-30(2)35(57-39(54)26-43(5,6)42(55)56)18-21-44(7)19-14-20-46(9)36(44)17-16-33-41-40(31(3)4)34(51)25-47(41,23-22-45(33,46)8)37(52)28-50(38(53)29-49(10)11)27-32-15-12-13-24-48-32/h12-13,15,24,30-31,33,35-37,42,52,55-56H,14,16-23,25-29H2,1-11H3. The van der Waals surface area contributed by atoms with Crippen molar-refractivity contribution in [2.45, 2.75) is 158 Å². The van der Waals surface area contributed by atoms with Crippen molar-refractivity contribution in [3.8, 4) is 0 Å². The van der Waals surface area contributed by atoms with Gasteiger partial charge in [0.15, 0.2) is 12.1 Å². The van der Waals surface area contributed by atoms with Crippen molar-refractivity contribution in [2.24, 2.45) is 50.7 Å². The molecule has 5 rings (SSSR count). The molecular formula is C47H75N3O7. The molecule has 1 aromatic rings. The number of carbonyl (C=O) groups is 3. The summed E-state index contributed by atoms with van der Waals surface area (Å²) >= 11 is 0. The van der Waals surface area contributed by atoms with Crippen molar-refractivity contribution in [3.63, 3.8) is 0 Å². The van der Waals surface area contributed by atoms with Crippen LogP contribution in [0.2, 0.25) is 0 Å². The van der Waals surface area contributed by atoms with E-state index in [9.17, 15) is 29.7 Å². The summed E-state index contributed by atoms with van der Waals surface area (Å²) in [6, 6.07) is 5.68. The molecule has 1 heterocycles. The minimum atomic E-state index is -1.61. The topological polar surface area (TPSA) is 140 Å². The molecule has 1 aromatic heterocycles. The van der Waals surface area contributed by atoms with Crippen LogP contribution in [0, 0.1) is 50.7 Å². The fourth-order valence-corrected chi connectivity index (χ4v) is 12.2. The predicted octanol–water partition coefficient (Wildman–Crippen LogP) is 7.34. The fraction of sp³-hybridized carbons (Fsp3) is 0.787. The first kappa shape index (κ1) is 45.4. The van der Waals surface area contributed by atoms with Crippen LogP contribution in [-0.2, 0) is 25.7 Å². The summed E-state index contributed by atoms with van der Waals surface area (Å²) in [5.74, 6) is 0.456. The highest BCUT2D eigenvalue weighted by molar-refractivity contribution is 6.00. The van der Waals surface area contributed by atoms with Crippen molar-refractivity contribution in [2.75, 3.05) is 27.2 Å². The second-order valence-electron chi connectivity index (χ2n) is 21.0. The smallest absolute Gasteiger partial charge is 0.306 e. The van der Waals surface area contributed by atoms with E-state index in [1.54, 1.807) is 24.9 Å². The third kappa shape index (κ3) is 8.81. The van der Waals surface area contributed by atoms with Crippen LogP contribution in [0.1, 0.15) is 139 Å². The molecule has 0 saturated heterocycles. The molecule has 3 saturated carbocycles. The largest absolute Gasteiger partial charge is 0.462 e. The number of hydrogen-bond acceptors (Lipinski definition) is 9. The molecule has 8 atom stereocenters. The van der Waals surface area contributed by atoms with Gasteiger partial charge in [-0.3, -0.25) is 19.4 Å². The molecule has 4 aliphatic carbocycles. The van der Waals surface area contributed by atoms with Gasteiger partial charge in [0.25, 0.3) is 0 Å². The second kappa shape index (κ2) is 17.1. The fourth-order valence-electron chi connectivity index (χ4n) is 12.2. The predicted molar refractivity (Wildman–Crippen MR) is 222 cm³/mol. The van der Waals surface area contributed by atoms with Crippen LogP contribution in [0.3, 0.4) is 0 Å². The molecule has 10 nitrogen and oxygen atoms in total. The van der Waals surface area contributed by atoms with Gasteiger partial charge in [-0.15, -0.1) is 0 Å². The van der Waals surface area contributed by atoms with E-state index >= 15 is 0 Å². The Bertz CT molecular complexity index is 1640. The van der Waals surface area contributed by atoms with Gasteiger partial charge in [0.1, 0.15) is 6.10 Å². The Kier molecular flexibility index (Phi) is 13.7. The zero-order valence-corrected chi connectivity index (χ0v) is 37.1. The molecule has 3 N–H and O–H groups in total. The number of hydrogen-bond donors (Lipinski definition) is 3. The zero-order chi connectivity index (χ0) is 42.3. The van der Waals surface area contributed by atoms with Crippen LogP contribution in [0.4, 0.5) is 0 Å². The summed E-state index contributed by atoms with van der Waals surface area (Å²) in [5.41, 5.74) is 1.12. The minimum Gasteiger partial charge on any atom is -0.462 e. The van der Waals surface area contributed by atoms with Crippen LogP contribution in [-0.4, -0.2) is 93.4 Å². The first-order chi connectivity index (χ1) is 26.5. The third-order valence-electron chi connectivity index (χ3n) is 15.7. The van der Waals surface area contributed by atoms with Crippen LogP contribution in [0.25, 0.3) is 0 Å². The highest BCUT2D eigenvalue weighted by Gasteiger charge is 2.68. The van der Waals surface area contributed by atoms with Gasteiger partial charge in [-0.05, 0) is 123 Å². The Morgan fingerprint density at radius 3 is 2.28 bits per heavy atom. The molecule has 0 spiro atoms. The first-order valence-electron chi connectivity index (χ1n) is 21.8. The summed E-state index contributed by atoms with van der Waals surface area (Å²) in [7, 11) is 3.75.